The summed E-state index contributed by atoms with van der Waals surface area (Å²) in [6, 6.07) is 28.5. The molecule has 46 heavy (non-hydrogen) atoms. The second-order valence-electron chi connectivity index (χ2n) is 11.5. The zero-order valence-corrected chi connectivity index (χ0v) is 28.1. The van der Waals surface area contributed by atoms with E-state index in [4.69, 9.17) is 16.3 Å². The molecular formula is C36H40ClN3O5S. The van der Waals surface area contributed by atoms with Crippen LogP contribution in [0.25, 0.3) is 0 Å². The van der Waals surface area contributed by atoms with Crippen LogP contribution in [0.5, 0.6) is 5.75 Å². The third-order valence-corrected chi connectivity index (χ3v) is 9.47. The highest BCUT2D eigenvalue weighted by Gasteiger charge is 2.34. The average molecular weight is 662 g/mol. The molecule has 1 N–H and O–H groups in total. The third kappa shape index (κ3) is 9.11. The summed E-state index contributed by atoms with van der Waals surface area (Å²) in [5.74, 6) is -0.158. The van der Waals surface area contributed by atoms with Crippen LogP contribution in [0.3, 0.4) is 0 Å². The van der Waals surface area contributed by atoms with E-state index in [0.717, 1.165) is 21.0 Å². The Labute approximate surface area is 277 Å². The van der Waals surface area contributed by atoms with Gasteiger partial charge in [0.25, 0.3) is 10.0 Å². The lowest BCUT2D eigenvalue weighted by molar-refractivity contribution is -0.140. The molecule has 0 fully saturated rings. The first-order chi connectivity index (χ1) is 22.0. The predicted molar refractivity (Wildman–Crippen MR) is 182 cm³/mol. The molecule has 0 unspecified atom stereocenters. The molecule has 4 aromatic carbocycles. The van der Waals surface area contributed by atoms with Crippen molar-refractivity contribution in [2.45, 2.75) is 44.7 Å². The monoisotopic (exact) mass is 661 g/mol. The van der Waals surface area contributed by atoms with E-state index in [2.05, 4.69) is 5.32 Å². The number of ether oxygens (including phenoxy) is 1. The van der Waals surface area contributed by atoms with Gasteiger partial charge in [-0.2, -0.15) is 0 Å². The van der Waals surface area contributed by atoms with Gasteiger partial charge in [0.1, 0.15) is 18.3 Å². The molecule has 2 amide bonds. The smallest absolute Gasteiger partial charge is 0.264 e. The fraction of sp³-hybridized carbons (Fsp3) is 0.278. The highest BCUT2D eigenvalue weighted by molar-refractivity contribution is 7.92. The number of hydrogen-bond acceptors (Lipinski definition) is 5. The molecule has 0 heterocycles. The molecule has 0 aliphatic rings. The van der Waals surface area contributed by atoms with Gasteiger partial charge in [-0.15, -0.1) is 0 Å². The maximum Gasteiger partial charge on any atom is 0.264 e. The minimum Gasteiger partial charge on any atom is -0.497 e. The normalized spacial score (nSPS) is 12.0. The van der Waals surface area contributed by atoms with Crippen LogP contribution in [0, 0.1) is 12.8 Å². The second kappa shape index (κ2) is 15.8. The van der Waals surface area contributed by atoms with Crippen LogP contribution >= 0.6 is 11.6 Å². The highest BCUT2D eigenvalue weighted by atomic mass is 35.5. The number of carbonyl (C=O) groups is 2. The van der Waals surface area contributed by atoms with Crippen molar-refractivity contribution in [1.82, 2.24) is 10.2 Å². The third-order valence-electron chi connectivity index (χ3n) is 7.43. The Morgan fingerprint density at radius 2 is 1.52 bits per heavy atom. The number of sulfonamides is 1. The van der Waals surface area contributed by atoms with E-state index in [1.54, 1.807) is 36.4 Å². The summed E-state index contributed by atoms with van der Waals surface area (Å²) < 4.78 is 34.6. The van der Waals surface area contributed by atoms with Crippen LogP contribution in [0.15, 0.2) is 108 Å². The van der Waals surface area contributed by atoms with E-state index in [9.17, 15) is 18.0 Å². The Kier molecular flexibility index (Phi) is 11.8. The summed E-state index contributed by atoms with van der Waals surface area (Å²) in [4.78, 5) is 29.9. The molecule has 0 saturated heterocycles. The van der Waals surface area contributed by atoms with Crippen molar-refractivity contribution in [1.29, 1.82) is 0 Å². The molecule has 10 heteroatoms. The van der Waals surface area contributed by atoms with E-state index < -0.39 is 28.5 Å². The van der Waals surface area contributed by atoms with E-state index in [1.807, 2.05) is 75.4 Å². The molecule has 1 atom stereocenters. The first-order valence-electron chi connectivity index (χ1n) is 15.1. The van der Waals surface area contributed by atoms with Crippen molar-refractivity contribution >= 4 is 39.1 Å². The number of carbonyl (C=O) groups excluding carboxylic acids is 2. The number of halogens is 1. The van der Waals surface area contributed by atoms with E-state index >= 15 is 0 Å². The molecule has 0 aliphatic carbocycles. The quantitative estimate of drug-likeness (QED) is 0.172. The molecule has 0 bridgehead atoms. The number of nitrogens with zero attached hydrogens (tertiary/aromatic N) is 2. The van der Waals surface area contributed by atoms with Crippen LogP contribution in [0.2, 0.25) is 5.02 Å². The first kappa shape index (κ1) is 34.5. The summed E-state index contributed by atoms with van der Waals surface area (Å²) in [6.07, 6.45) is 0.245. The lowest BCUT2D eigenvalue weighted by atomic mass is 10.0. The summed E-state index contributed by atoms with van der Waals surface area (Å²) in [7, 11) is -2.75. The maximum absolute atomic E-state index is 14.5. The number of methoxy groups -OCH3 is 1. The number of nitrogens with one attached hydrogen (secondary N) is 1. The van der Waals surface area contributed by atoms with Gasteiger partial charge >= 0.3 is 0 Å². The number of benzene rings is 4. The molecule has 0 spiro atoms. The van der Waals surface area contributed by atoms with Crippen molar-refractivity contribution in [2.24, 2.45) is 5.92 Å². The van der Waals surface area contributed by atoms with Crippen molar-refractivity contribution in [3.05, 3.63) is 125 Å². The SMILES string of the molecule is COc1ccc(S(=O)(=O)N(CC(=O)N(Cc2cccc(C)c2)[C@@H](Cc2ccccc2)C(=O)NCC(C)C)c2ccc(Cl)cc2)cc1. The number of rotatable bonds is 14. The van der Waals surface area contributed by atoms with Gasteiger partial charge in [-0.1, -0.05) is 85.6 Å². The van der Waals surface area contributed by atoms with Gasteiger partial charge in [0, 0.05) is 24.5 Å². The van der Waals surface area contributed by atoms with Gasteiger partial charge in [-0.3, -0.25) is 13.9 Å². The summed E-state index contributed by atoms with van der Waals surface area (Å²) in [5, 5.41) is 3.42. The van der Waals surface area contributed by atoms with Crippen LogP contribution in [0.4, 0.5) is 5.69 Å². The van der Waals surface area contributed by atoms with Crippen LogP contribution in [-0.2, 0) is 32.6 Å². The minimum atomic E-state index is -4.24. The molecule has 8 nitrogen and oxygen atoms in total. The van der Waals surface area contributed by atoms with Crippen molar-refractivity contribution in [3.63, 3.8) is 0 Å². The zero-order valence-electron chi connectivity index (χ0n) is 26.5. The average Bonchev–Trinajstić information content (AvgIpc) is 3.05. The highest BCUT2D eigenvalue weighted by Crippen LogP contribution is 2.27. The Balaban J connectivity index is 1.79. The number of aryl methyl sites for hydroxylation is 1. The van der Waals surface area contributed by atoms with Crippen molar-refractivity contribution in [3.8, 4) is 5.75 Å². The van der Waals surface area contributed by atoms with Gasteiger partial charge < -0.3 is 15.0 Å². The van der Waals surface area contributed by atoms with E-state index in [0.29, 0.717) is 17.3 Å². The molecule has 0 aromatic heterocycles. The van der Waals surface area contributed by atoms with Gasteiger partial charge in [0.05, 0.1) is 17.7 Å². The van der Waals surface area contributed by atoms with Gasteiger partial charge in [0.2, 0.25) is 11.8 Å². The van der Waals surface area contributed by atoms with E-state index in [-0.39, 0.29) is 35.4 Å². The first-order valence-corrected chi connectivity index (χ1v) is 16.9. The lowest BCUT2D eigenvalue weighted by Crippen LogP contribution is -2.53. The fourth-order valence-corrected chi connectivity index (χ4v) is 6.53. The number of hydrogen-bond donors (Lipinski definition) is 1. The minimum absolute atomic E-state index is 0.0169. The maximum atomic E-state index is 14.5. The number of anilines is 1. The molecule has 242 valence electrons. The molecule has 4 rings (SSSR count). The summed E-state index contributed by atoms with van der Waals surface area (Å²) >= 11 is 6.14. The summed E-state index contributed by atoms with van der Waals surface area (Å²) in [5.41, 5.74) is 2.94. The molecule has 4 aromatic rings. The second-order valence-corrected chi connectivity index (χ2v) is 13.8. The van der Waals surface area contributed by atoms with Crippen LogP contribution in [0.1, 0.15) is 30.5 Å². The molecule has 0 radical (unpaired) electrons. The van der Waals surface area contributed by atoms with Gasteiger partial charge in [0.15, 0.2) is 0 Å². The molecule has 0 saturated carbocycles. The van der Waals surface area contributed by atoms with Crippen molar-refractivity contribution in [2.75, 3.05) is 24.5 Å². The van der Waals surface area contributed by atoms with Crippen LogP contribution < -0.4 is 14.4 Å². The Bertz CT molecular complexity index is 1710. The Morgan fingerprint density at radius 3 is 2.13 bits per heavy atom. The fourth-order valence-electron chi connectivity index (χ4n) is 4.99. The standard InChI is InChI=1S/C36H40ClN3O5S/c1-26(2)23-38-36(42)34(22-28-10-6-5-7-11-28)39(24-29-12-8-9-27(3)21-29)35(41)25-40(31-15-13-30(37)14-16-31)46(43,44)33-19-17-32(45-4)18-20-33/h5-21,26,34H,22-25H2,1-4H3,(H,38,42)/t34-/m0/s1. The van der Waals surface area contributed by atoms with Gasteiger partial charge in [-0.05, 0) is 72.5 Å². The Hall–Kier alpha value is -4.34. The van der Waals surface area contributed by atoms with Gasteiger partial charge in [-0.25, -0.2) is 8.42 Å². The molecule has 0 aliphatic heterocycles. The predicted octanol–water partition coefficient (Wildman–Crippen LogP) is 6.26. The van der Waals surface area contributed by atoms with Crippen LogP contribution in [-0.4, -0.2) is 51.4 Å². The Morgan fingerprint density at radius 1 is 0.870 bits per heavy atom. The van der Waals surface area contributed by atoms with Crippen molar-refractivity contribution < 1.29 is 22.7 Å². The zero-order chi connectivity index (χ0) is 33.3. The van der Waals surface area contributed by atoms with E-state index in [1.165, 1.54) is 24.1 Å². The lowest BCUT2D eigenvalue weighted by Gasteiger charge is -2.34. The summed E-state index contributed by atoms with van der Waals surface area (Å²) in [6.45, 7) is 5.93. The molecular weight excluding hydrogens is 622 g/mol. The topological polar surface area (TPSA) is 96.0 Å². The largest absolute Gasteiger partial charge is 0.497 e. The number of amides is 2.